The summed E-state index contributed by atoms with van der Waals surface area (Å²) in [5.74, 6) is -3.26. The number of hydrogen-bond acceptors (Lipinski definition) is 5. The molecule has 3 N–H and O–H groups in total. The summed E-state index contributed by atoms with van der Waals surface area (Å²) in [4.78, 5) is 19.4. The van der Waals surface area contributed by atoms with Crippen LogP contribution in [-0.2, 0) is 0 Å². The van der Waals surface area contributed by atoms with Gasteiger partial charge in [0.2, 0.25) is 0 Å². The number of alkyl halides is 2. The average Bonchev–Trinajstić information content (AvgIpc) is 3.34. The molecule has 0 aliphatic carbocycles. The Bertz CT molecular complexity index is 1250. The summed E-state index contributed by atoms with van der Waals surface area (Å²) < 4.78 is 62.8. The number of anilines is 1. The van der Waals surface area contributed by atoms with Crippen molar-refractivity contribution in [3.05, 3.63) is 53.7 Å². The first-order valence-corrected chi connectivity index (χ1v) is 8.40. The minimum absolute atomic E-state index is 0.0910. The van der Waals surface area contributed by atoms with Gasteiger partial charge in [0, 0.05) is 18.3 Å². The molecule has 0 fully saturated rings. The largest absolute Gasteiger partial charge is 0.586 e. The Hall–Kier alpha value is -4.09. The van der Waals surface area contributed by atoms with Crippen LogP contribution in [-0.4, -0.2) is 32.4 Å². The van der Waals surface area contributed by atoms with Crippen molar-refractivity contribution in [1.82, 2.24) is 20.2 Å². The number of nitrogens with one attached hydrogen (secondary N) is 3. The topological polar surface area (TPSA) is 105 Å². The Labute approximate surface area is 163 Å². The van der Waals surface area contributed by atoms with Gasteiger partial charge in [0.1, 0.15) is 17.2 Å². The molecule has 4 aromatic rings. The number of aromatic nitrogens is 4. The molecule has 1 aliphatic rings. The highest BCUT2D eigenvalue weighted by molar-refractivity contribution is 6.06. The molecule has 152 valence electrons. The molecule has 0 atom stereocenters. The smallest absolute Gasteiger partial charge is 0.395 e. The van der Waals surface area contributed by atoms with E-state index in [4.69, 9.17) is 0 Å². The molecular weight excluding hydrogens is 410 g/mol. The molecule has 0 saturated heterocycles. The number of hydrogen-bond donors (Lipinski definition) is 3. The van der Waals surface area contributed by atoms with E-state index in [0.717, 1.165) is 18.2 Å². The lowest BCUT2D eigenvalue weighted by molar-refractivity contribution is -0.286. The van der Waals surface area contributed by atoms with Crippen LogP contribution >= 0.6 is 0 Å². The molecule has 2 aromatic carbocycles. The fraction of sp³-hybridized carbons (Fsp3) is 0.0556. The van der Waals surface area contributed by atoms with Crippen LogP contribution in [0.25, 0.3) is 22.6 Å². The van der Waals surface area contributed by atoms with E-state index in [-0.39, 0.29) is 34.2 Å². The zero-order valence-electron chi connectivity index (χ0n) is 14.6. The van der Waals surface area contributed by atoms with Crippen LogP contribution in [0.5, 0.6) is 11.5 Å². The number of carbonyl (C=O) groups is 1. The number of H-pyrrole nitrogens is 2. The first kappa shape index (κ1) is 18.0. The monoisotopic (exact) mass is 419 g/mol. The Kier molecular flexibility index (Phi) is 3.72. The van der Waals surface area contributed by atoms with Gasteiger partial charge in [-0.1, -0.05) is 6.07 Å². The van der Waals surface area contributed by atoms with Crippen molar-refractivity contribution in [3.63, 3.8) is 0 Å². The van der Waals surface area contributed by atoms with E-state index < -0.39 is 29.4 Å². The molecule has 0 radical (unpaired) electrons. The highest BCUT2D eigenvalue weighted by atomic mass is 19.3. The molecule has 2 aromatic heterocycles. The van der Waals surface area contributed by atoms with E-state index in [0.29, 0.717) is 5.52 Å². The Morgan fingerprint density at radius 1 is 1.10 bits per heavy atom. The van der Waals surface area contributed by atoms with Crippen molar-refractivity contribution in [2.45, 2.75) is 6.29 Å². The molecule has 0 bridgehead atoms. The van der Waals surface area contributed by atoms with Gasteiger partial charge in [0.15, 0.2) is 23.0 Å². The van der Waals surface area contributed by atoms with Crippen molar-refractivity contribution in [2.75, 3.05) is 5.32 Å². The zero-order chi connectivity index (χ0) is 21.0. The minimum atomic E-state index is -3.76. The van der Waals surface area contributed by atoms with Crippen LogP contribution in [0.4, 0.5) is 23.2 Å². The van der Waals surface area contributed by atoms with E-state index in [9.17, 15) is 22.4 Å². The van der Waals surface area contributed by atoms with E-state index in [1.54, 1.807) is 0 Å². The standard InChI is InChI=1S/C18H9F4N5O3/c19-7-2-1-3-8(20)14(7)17(28)26-11-6-23-27-15(11)16-24-9-4-12-13(5-10(9)25-16)30-18(21,22)29-12/h1-6H,(H,23,27)(H,24,25)(H,26,28). The van der Waals surface area contributed by atoms with E-state index in [2.05, 4.69) is 35.0 Å². The fourth-order valence-corrected chi connectivity index (χ4v) is 3.03. The van der Waals surface area contributed by atoms with Crippen LogP contribution in [0.3, 0.4) is 0 Å². The maximum absolute atomic E-state index is 13.8. The van der Waals surface area contributed by atoms with Crippen molar-refractivity contribution >= 4 is 22.6 Å². The third kappa shape index (κ3) is 2.89. The van der Waals surface area contributed by atoms with E-state index in [1.807, 2.05) is 0 Å². The number of benzene rings is 2. The number of rotatable bonds is 3. The lowest BCUT2D eigenvalue weighted by Gasteiger charge is -2.06. The maximum Gasteiger partial charge on any atom is 0.586 e. The quantitative estimate of drug-likeness (QED) is 0.438. The first-order valence-electron chi connectivity index (χ1n) is 8.40. The zero-order valence-corrected chi connectivity index (χ0v) is 14.6. The molecule has 1 aliphatic heterocycles. The number of amides is 1. The molecule has 12 heteroatoms. The molecular formula is C18H9F4N5O3. The lowest BCUT2D eigenvalue weighted by Crippen LogP contribution is -2.25. The second-order valence-electron chi connectivity index (χ2n) is 6.27. The molecule has 30 heavy (non-hydrogen) atoms. The maximum atomic E-state index is 13.8. The summed E-state index contributed by atoms with van der Waals surface area (Å²) in [6.45, 7) is 0. The van der Waals surface area contributed by atoms with Gasteiger partial charge in [0.05, 0.1) is 16.7 Å². The van der Waals surface area contributed by atoms with Gasteiger partial charge in [-0.15, -0.1) is 8.78 Å². The summed E-state index contributed by atoms with van der Waals surface area (Å²) in [5, 5.41) is 8.86. The average molecular weight is 419 g/mol. The third-order valence-corrected chi connectivity index (χ3v) is 4.31. The summed E-state index contributed by atoms with van der Waals surface area (Å²) in [6.07, 6.45) is -2.46. The summed E-state index contributed by atoms with van der Waals surface area (Å²) in [6, 6.07) is 5.59. The number of ether oxygens (including phenoxy) is 2. The van der Waals surface area contributed by atoms with Crippen LogP contribution in [0.2, 0.25) is 0 Å². The molecule has 0 spiro atoms. The van der Waals surface area contributed by atoms with E-state index >= 15 is 0 Å². The molecule has 3 heterocycles. The SMILES string of the molecule is O=C(Nc1c[nH]nc1-c1nc2cc3c(cc2[nH]1)OC(F)(F)O3)c1c(F)cccc1F. The predicted molar refractivity (Wildman–Crippen MR) is 94.2 cm³/mol. The van der Waals surface area contributed by atoms with Crippen LogP contribution in [0, 0.1) is 11.6 Å². The number of nitrogens with zero attached hydrogens (tertiary/aromatic N) is 2. The third-order valence-electron chi connectivity index (χ3n) is 4.31. The number of carbonyl (C=O) groups excluding carboxylic acids is 1. The summed E-state index contributed by atoms with van der Waals surface area (Å²) >= 11 is 0. The van der Waals surface area contributed by atoms with Crippen molar-refractivity contribution in [2.24, 2.45) is 0 Å². The van der Waals surface area contributed by atoms with Gasteiger partial charge in [-0.25, -0.2) is 13.8 Å². The van der Waals surface area contributed by atoms with Crippen LogP contribution in [0.1, 0.15) is 10.4 Å². The van der Waals surface area contributed by atoms with Crippen LogP contribution in [0.15, 0.2) is 36.5 Å². The molecule has 5 rings (SSSR count). The normalized spacial score (nSPS) is 14.3. The highest BCUT2D eigenvalue weighted by Gasteiger charge is 2.43. The van der Waals surface area contributed by atoms with Gasteiger partial charge in [-0.2, -0.15) is 5.10 Å². The number of fused-ring (bicyclic) bond motifs is 2. The van der Waals surface area contributed by atoms with Gasteiger partial charge in [0.25, 0.3) is 5.91 Å². The molecule has 1 amide bonds. The van der Waals surface area contributed by atoms with Crippen molar-refractivity contribution in [1.29, 1.82) is 0 Å². The number of halogens is 4. The number of aromatic amines is 2. The van der Waals surface area contributed by atoms with E-state index in [1.165, 1.54) is 18.3 Å². The fourth-order valence-electron chi connectivity index (χ4n) is 3.03. The van der Waals surface area contributed by atoms with Gasteiger partial charge in [-0.3, -0.25) is 9.89 Å². The second kappa shape index (κ2) is 6.20. The molecule has 0 saturated carbocycles. The summed E-state index contributed by atoms with van der Waals surface area (Å²) in [7, 11) is 0. The van der Waals surface area contributed by atoms with Crippen molar-refractivity contribution < 1.29 is 31.8 Å². The Morgan fingerprint density at radius 2 is 1.80 bits per heavy atom. The van der Waals surface area contributed by atoms with Gasteiger partial charge < -0.3 is 19.8 Å². The van der Waals surface area contributed by atoms with Crippen molar-refractivity contribution in [3.8, 4) is 23.0 Å². The molecule has 8 nitrogen and oxygen atoms in total. The molecule has 0 unspecified atom stereocenters. The Morgan fingerprint density at radius 3 is 2.53 bits per heavy atom. The van der Waals surface area contributed by atoms with Gasteiger partial charge in [-0.05, 0) is 12.1 Å². The predicted octanol–water partition coefficient (Wildman–Crippen LogP) is 3.81. The highest BCUT2D eigenvalue weighted by Crippen LogP contribution is 2.43. The minimum Gasteiger partial charge on any atom is -0.395 e. The lowest BCUT2D eigenvalue weighted by atomic mass is 10.2. The number of imidazole rings is 1. The first-order chi connectivity index (χ1) is 14.3. The van der Waals surface area contributed by atoms with Crippen LogP contribution < -0.4 is 14.8 Å². The Balaban J connectivity index is 1.48. The van der Waals surface area contributed by atoms with Gasteiger partial charge >= 0.3 is 6.29 Å². The second-order valence-corrected chi connectivity index (χ2v) is 6.27. The summed E-state index contributed by atoms with van der Waals surface area (Å²) in [5.41, 5.74) is 0.0776.